The van der Waals surface area contributed by atoms with Crippen LogP contribution in [0.1, 0.15) is 93.6 Å². The average Bonchev–Trinajstić information content (AvgIpc) is 3.35. The van der Waals surface area contributed by atoms with Gasteiger partial charge in [-0.25, -0.2) is 4.79 Å². The van der Waals surface area contributed by atoms with Gasteiger partial charge in [0.15, 0.2) is 6.10 Å². The SMILES string of the molecule is CC(C)C1CC(=O)N(CCC(C)(C)OCC(C)(C)OCCC(=O)NCCC(=O)Nc2cc(CC(C)(C)C)ccc2O[C@@H]2O[C@H](C(=O)O)[C@@H](O)[C@H](O)[C@H]2O)C1=O. The summed E-state index contributed by atoms with van der Waals surface area (Å²) in [6.07, 6.45) is -7.84. The number of aliphatic carboxylic acids is 1. The van der Waals surface area contributed by atoms with Crippen LogP contribution < -0.4 is 15.4 Å². The molecule has 2 fully saturated rings. The molecule has 6 N–H and O–H groups in total. The van der Waals surface area contributed by atoms with Gasteiger partial charge in [0.25, 0.3) is 0 Å². The van der Waals surface area contributed by atoms with Gasteiger partial charge in [0.1, 0.15) is 24.1 Å². The zero-order valence-electron chi connectivity index (χ0n) is 33.5. The van der Waals surface area contributed by atoms with Gasteiger partial charge in [0.2, 0.25) is 29.9 Å². The maximum absolute atomic E-state index is 13.0. The van der Waals surface area contributed by atoms with Crippen molar-refractivity contribution in [1.29, 1.82) is 0 Å². The minimum absolute atomic E-state index is 0.0119. The molecule has 0 aromatic heterocycles. The summed E-state index contributed by atoms with van der Waals surface area (Å²) in [7, 11) is 0. The number of aliphatic hydroxyl groups is 3. The van der Waals surface area contributed by atoms with E-state index in [0.29, 0.717) is 12.8 Å². The number of aliphatic hydroxyl groups excluding tert-OH is 3. The molecule has 0 saturated carbocycles. The number of anilines is 1. The zero-order chi connectivity index (χ0) is 41.5. The summed E-state index contributed by atoms with van der Waals surface area (Å²) in [6, 6.07) is 4.94. The Balaban J connectivity index is 1.47. The Morgan fingerprint density at radius 3 is 2.20 bits per heavy atom. The first kappa shape index (κ1) is 45.7. The van der Waals surface area contributed by atoms with E-state index < -0.39 is 53.8 Å². The third-order valence-corrected chi connectivity index (χ3v) is 9.44. The first-order valence-electron chi connectivity index (χ1n) is 18.8. The quantitative estimate of drug-likeness (QED) is 0.111. The summed E-state index contributed by atoms with van der Waals surface area (Å²) in [4.78, 5) is 63.5. The van der Waals surface area contributed by atoms with E-state index in [1.165, 1.54) is 11.0 Å². The van der Waals surface area contributed by atoms with Crippen LogP contribution in [-0.4, -0.2) is 123 Å². The molecule has 0 aliphatic carbocycles. The molecule has 4 amide bonds. The standard InChI is InChI=1S/C39H61N3O13/c1-22(2)24-19-29(45)42(34(24)49)16-14-38(6,7)53-21-39(8,9)52-17-13-27(43)40-15-12-28(44)41-25-18-23(20-37(3,4)5)10-11-26(25)54-36-32(48)30(46)31(47)33(55-36)35(50)51/h10-11,18,22,24,30-33,36,46-48H,12-17,19-21H2,1-9H3,(H,40,43)(H,41,44)(H,50,51)/t24?,30-,31-,32+,33-,36+/m0/s1. The molecule has 0 bridgehead atoms. The number of carboxylic acid groups (broad SMARTS) is 1. The van der Waals surface area contributed by atoms with Gasteiger partial charge in [-0.15, -0.1) is 0 Å². The number of carbonyl (C=O) groups is 5. The summed E-state index contributed by atoms with van der Waals surface area (Å²) in [5.41, 5.74) is -0.453. The van der Waals surface area contributed by atoms with Gasteiger partial charge in [-0.2, -0.15) is 0 Å². The number of hydrogen-bond donors (Lipinski definition) is 6. The molecule has 1 unspecified atom stereocenters. The van der Waals surface area contributed by atoms with E-state index >= 15 is 0 Å². The fourth-order valence-corrected chi connectivity index (χ4v) is 6.14. The number of nitrogens with one attached hydrogen (secondary N) is 2. The average molecular weight is 780 g/mol. The van der Waals surface area contributed by atoms with Crippen LogP contribution in [0, 0.1) is 17.3 Å². The molecular weight excluding hydrogens is 718 g/mol. The molecule has 1 aromatic rings. The molecule has 1 aromatic carbocycles. The molecule has 2 heterocycles. The lowest BCUT2D eigenvalue weighted by Gasteiger charge is -2.38. The third kappa shape index (κ3) is 13.8. The van der Waals surface area contributed by atoms with E-state index in [4.69, 9.17) is 18.9 Å². The number of benzene rings is 1. The molecule has 16 heteroatoms. The van der Waals surface area contributed by atoms with Crippen molar-refractivity contribution in [3.8, 4) is 5.75 Å². The fourth-order valence-electron chi connectivity index (χ4n) is 6.14. The van der Waals surface area contributed by atoms with Crippen LogP contribution >= 0.6 is 0 Å². The van der Waals surface area contributed by atoms with Crippen molar-refractivity contribution < 1.29 is 63.3 Å². The number of imide groups is 1. The third-order valence-electron chi connectivity index (χ3n) is 9.44. The van der Waals surface area contributed by atoms with Gasteiger partial charge in [-0.05, 0) is 69.6 Å². The molecule has 55 heavy (non-hydrogen) atoms. The van der Waals surface area contributed by atoms with Crippen molar-refractivity contribution in [2.45, 2.75) is 136 Å². The lowest BCUT2D eigenvalue weighted by atomic mass is 9.88. The van der Waals surface area contributed by atoms with Crippen molar-refractivity contribution in [3.05, 3.63) is 23.8 Å². The summed E-state index contributed by atoms with van der Waals surface area (Å²) in [6.45, 7) is 18.0. The topological polar surface area (TPSA) is 230 Å². The maximum atomic E-state index is 13.0. The number of hydrogen-bond acceptors (Lipinski definition) is 12. The first-order valence-corrected chi connectivity index (χ1v) is 18.8. The molecule has 0 radical (unpaired) electrons. The van der Waals surface area contributed by atoms with E-state index in [1.807, 2.05) is 62.3 Å². The van der Waals surface area contributed by atoms with Crippen molar-refractivity contribution >= 4 is 35.3 Å². The lowest BCUT2D eigenvalue weighted by Crippen LogP contribution is -2.61. The lowest BCUT2D eigenvalue weighted by molar-refractivity contribution is -0.271. The summed E-state index contributed by atoms with van der Waals surface area (Å²) < 4.78 is 23.0. The smallest absolute Gasteiger partial charge is 0.335 e. The Morgan fingerprint density at radius 1 is 0.927 bits per heavy atom. The minimum Gasteiger partial charge on any atom is -0.479 e. The Labute approximate surface area is 323 Å². The van der Waals surface area contributed by atoms with Crippen LogP contribution in [0.4, 0.5) is 5.69 Å². The minimum atomic E-state index is -1.89. The predicted octanol–water partition coefficient (Wildman–Crippen LogP) is 2.39. The highest BCUT2D eigenvalue weighted by atomic mass is 16.7. The van der Waals surface area contributed by atoms with E-state index in [9.17, 15) is 44.4 Å². The Morgan fingerprint density at radius 2 is 1.60 bits per heavy atom. The van der Waals surface area contributed by atoms with Gasteiger partial charge < -0.3 is 50.0 Å². The van der Waals surface area contributed by atoms with E-state index in [-0.39, 0.29) is 92.0 Å². The van der Waals surface area contributed by atoms with Crippen molar-refractivity contribution in [1.82, 2.24) is 10.2 Å². The van der Waals surface area contributed by atoms with Gasteiger partial charge in [-0.3, -0.25) is 24.1 Å². The van der Waals surface area contributed by atoms with Crippen molar-refractivity contribution in [2.24, 2.45) is 17.3 Å². The Kier molecular flexibility index (Phi) is 15.8. The summed E-state index contributed by atoms with van der Waals surface area (Å²) in [5.74, 6) is -2.81. The van der Waals surface area contributed by atoms with E-state index in [1.54, 1.807) is 12.1 Å². The second-order valence-corrected chi connectivity index (χ2v) is 17.2. The Hall–Kier alpha value is -3.67. The van der Waals surface area contributed by atoms with Gasteiger partial charge in [0.05, 0.1) is 30.1 Å². The van der Waals surface area contributed by atoms with E-state index in [2.05, 4.69) is 10.6 Å². The van der Waals surface area contributed by atoms with Crippen LogP contribution in [0.15, 0.2) is 18.2 Å². The number of nitrogens with zero attached hydrogens (tertiary/aromatic N) is 1. The molecule has 310 valence electrons. The molecule has 3 rings (SSSR count). The summed E-state index contributed by atoms with van der Waals surface area (Å²) >= 11 is 0. The van der Waals surface area contributed by atoms with Crippen molar-refractivity contribution in [2.75, 3.05) is 31.6 Å². The van der Waals surface area contributed by atoms with Gasteiger partial charge in [0, 0.05) is 38.3 Å². The molecule has 16 nitrogen and oxygen atoms in total. The molecule has 2 saturated heterocycles. The second-order valence-electron chi connectivity index (χ2n) is 17.2. The predicted molar refractivity (Wildman–Crippen MR) is 200 cm³/mol. The zero-order valence-corrected chi connectivity index (χ0v) is 33.5. The highest BCUT2D eigenvalue weighted by Gasteiger charge is 2.48. The fraction of sp³-hybridized carbons (Fsp3) is 0.718. The van der Waals surface area contributed by atoms with Crippen LogP contribution in [0.25, 0.3) is 0 Å². The number of carbonyl (C=O) groups excluding carboxylic acids is 4. The Bertz CT molecular complexity index is 1520. The van der Waals surface area contributed by atoms with Crippen LogP contribution in [0.2, 0.25) is 0 Å². The van der Waals surface area contributed by atoms with E-state index in [0.717, 1.165) is 5.56 Å². The highest BCUT2D eigenvalue weighted by Crippen LogP contribution is 2.33. The number of ether oxygens (including phenoxy) is 4. The maximum Gasteiger partial charge on any atom is 0.335 e. The van der Waals surface area contributed by atoms with Gasteiger partial charge >= 0.3 is 5.97 Å². The molecule has 2 aliphatic heterocycles. The second kappa shape index (κ2) is 19.0. The number of amides is 4. The normalized spacial score (nSPS) is 23.6. The largest absolute Gasteiger partial charge is 0.479 e. The summed E-state index contributed by atoms with van der Waals surface area (Å²) in [5, 5.41) is 45.5. The van der Waals surface area contributed by atoms with Gasteiger partial charge in [-0.1, -0.05) is 40.7 Å². The highest BCUT2D eigenvalue weighted by molar-refractivity contribution is 6.03. The molecule has 6 atom stereocenters. The van der Waals surface area contributed by atoms with Crippen LogP contribution in [0.5, 0.6) is 5.75 Å². The van der Waals surface area contributed by atoms with Crippen LogP contribution in [0.3, 0.4) is 0 Å². The number of carboxylic acids is 1. The molecule has 0 spiro atoms. The number of likely N-dealkylation sites (tertiary alicyclic amines) is 1. The molecular formula is C39H61N3O13. The number of rotatable bonds is 19. The first-order chi connectivity index (χ1) is 25.4. The monoisotopic (exact) mass is 779 g/mol. The van der Waals surface area contributed by atoms with Crippen LogP contribution in [-0.2, 0) is 44.6 Å². The van der Waals surface area contributed by atoms with Crippen molar-refractivity contribution in [3.63, 3.8) is 0 Å². The molecule has 2 aliphatic rings.